The molecule has 0 saturated carbocycles. The summed E-state index contributed by atoms with van der Waals surface area (Å²) in [7, 11) is 0. The highest BCUT2D eigenvalue weighted by Crippen LogP contribution is 2.39. The molecule has 0 aliphatic heterocycles. The standard InChI is InChI=1S/C15H12O8/c1-7(16)20-10-5-4-6-11-12(10)13(21-8(2)17)14(15(19)23-11)22-9(3)18/h4-6H,1-3H3. The van der Waals surface area contributed by atoms with Crippen LogP contribution < -0.4 is 19.8 Å². The summed E-state index contributed by atoms with van der Waals surface area (Å²) in [4.78, 5) is 45.7. The lowest BCUT2D eigenvalue weighted by molar-refractivity contribution is -0.134. The third kappa shape index (κ3) is 3.54. The molecule has 0 spiro atoms. The normalized spacial score (nSPS) is 10.2. The average Bonchev–Trinajstić information content (AvgIpc) is 2.41. The van der Waals surface area contributed by atoms with Crippen LogP contribution in [0.5, 0.6) is 17.2 Å². The van der Waals surface area contributed by atoms with E-state index in [0.717, 1.165) is 13.8 Å². The molecule has 1 aromatic heterocycles. The summed E-state index contributed by atoms with van der Waals surface area (Å²) in [5, 5.41) is 0.0220. The molecule has 0 radical (unpaired) electrons. The van der Waals surface area contributed by atoms with E-state index in [1.165, 1.54) is 25.1 Å². The summed E-state index contributed by atoms with van der Waals surface area (Å²) in [6.07, 6.45) is 0. The Hall–Kier alpha value is -3.16. The van der Waals surface area contributed by atoms with Crippen molar-refractivity contribution in [3.63, 3.8) is 0 Å². The number of fused-ring (bicyclic) bond motifs is 1. The van der Waals surface area contributed by atoms with E-state index in [-0.39, 0.29) is 22.5 Å². The minimum Gasteiger partial charge on any atom is -0.426 e. The van der Waals surface area contributed by atoms with E-state index in [4.69, 9.17) is 18.6 Å². The number of carbonyl (C=O) groups excluding carboxylic acids is 3. The Bertz CT molecular complexity index is 862. The van der Waals surface area contributed by atoms with Gasteiger partial charge in [0.05, 0.1) is 0 Å². The molecule has 2 aromatic rings. The molecule has 0 aliphatic carbocycles. The van der Waals surface area contributed by atoms with Crippen molar-refractivity contribution < 1.29 is 33.0 Å². The fourth-order valence-electron chi connectivity index (χ4n) is 1.89. The minimum absolute atomic E-state index is 0.000835. The fraction of sp³-hybridized carbons (Fsp3) is 0.200. The molecule has 0 bridgehead atoms. The molecule has 120 valence electrons. The summed E-state index contributed by atoms with van der Waals surface area (Å²) in [5.74, 6) is -3.16. The van der Waals surface area contributed by atoms with Gasteiger partial charge in [-0.2, -0.15) is 0 Å². The smallest absolute Gasteiger partial charge is 0.383 e. The van der Waals surface area contributed by atoms with Crippen molar-refractivity contribution in [2.24, 2.45) is 0 Å². The van der Waals surface area contributed by atoms with E-state index < -0.39 is 29.3 Å². The average molecular weight is 320 g/mol. The number of rotatable bonds is 3. The van der Waals surface area contributed by atoms with E-state index in [9.17, 15) is 19.2 Å². The van der Waals surface area contributed by atoms with Crippen LogP contribution in [-0.2, 0) is 14.4 Å². The number of benzene rings is 1. The number of hydrogen-bond acceptors (Lipinski definition) is 8. The molecule has 0 atom stereocenters. The number of hydrogen-bond donors (Lipinski definition) is 0. The molecule has 8 heteroatoms. The lowest BCUT2D eigenvalue weighted by Crippen LogP contribution is -2.15. The second kappa shape index (κ2) is 6.30. The second-order valence-corrected chi connectivity index (χ2v) is 4.46. The van der Waals surface area contributed by atoms with Crippen LogP contribution in [0.25, 0.3) is 11.0 Å². The fourth-order valence-corrected chi connectivity index (χ4v) is 1.89. The van der Waals surface area contributed by atoms with E-state index in [2.05, 4.69) is 0 Å². The molecule has 2 rings (SSSR count). The Morgan fingerprint density at radius 2 is 1.43 bits per heavy atom. The molecular formula is C15H12O8. The first-order chi connectivity index (χ1) is 10.8. The summed E-state index contributed by atoms with van der Waals surface area (Å²) in [6.45, 7) is 3.35. The van der Waals surface area contributed by atoms with Gasteiger partial charge in [0, 0.05) is 20.8 Å². The van der Waals surface area contributed by atoms with E-state index >= 15 is 0 Å². The second-order valence-electron chi connectivity index (χ2n) is 4.46. The Labute approximate surface area is 129 Å². The van der Waals surface area contributed by atoms with Crippen LogP contribution in [-0.4, -0.2) is 17.9 Å². The number of carbonyl (C=O) groups is 3. The summed E-state index contributed by atoms with van der Waals surface area (Å²) >= 11 is 0. The van der Waals surface area contributed by atoms with Crippen LogP contribution in [0.4, 0.5) is 0 Å². The molecule has 0 amide bonds. The highest BCUT2D eigenvalue weighted by atomic mass is 16.6. The van der Waals surface area contributed by atoms with Gasteiger partial charge < -0.3 is 18.6 Å². The van der Waals surface area contributed by atoms with Gasteiger partial charge in [-0.15, -0.1) is 0 Å². The lowest BCUT2D eigenvalue weighted by atomic mass is 10.2. The quantitative estimate of drug-likeness (QED) is 0.476. The first kappa shape index (κ1) is 16.2. The third-order valence-corrected chi connectivity index (χ3v) is 2.55. The molecule has 0 unspecified atom stereocenters. The van der Waals surface area contributed by atoms with Gasteiger partial charge in [0.1, 0.15) is 16.7 Å². The van der Waals surface area contributed by atoms with Gasteiger partial charge in [-0.1, -0.05) is 6.07 Å². The van der Waals surface area contributed by atoms with Crippen LogP contribution in [0.1, 0.15) is 20.8 Å². The first-order valence-electron chi connectivity index (χ1n) is 6.44. The maximum Gasteiger partial charge on any atom is 0.383 e. The van der Waals surface area contributed by atoms with Crippen molar-refractivity contribution in [1.82, 2.24) is 0 Å². The van der Waals surface area contributed by atoms with Crippen molar-refractivity contribution in [2.75, 3.05) is 0 Å². The SMILES string of the molecule is CC(=O)Oc1c(OC(C)=O)c2c(OC(C)=O)cccc2oc1=O. The predicted octanol–water partition coefficient (Wildman–Crippen LogP) is 1.57. The molecule has 0 fully saturated rings. The van der Waals surface area contributed by atoms with Crippen LogP contribution in [0.2, 0.25) is 0 Å². The van der Waals surface area contributed by atoms with Crippen molar-refractivity contribution in [3.8, 4) is 17.2 Å². The molecule has 0 N–H and O–H groups in total. The van der Waals surface area contributed by atoms with Gasteiger partial charge in [0.25, 0.3) is 5.75 Å². The zero-order chi connectivity index (χ0) is 17.1. The Balaban J connectivity index is 2.86. The molecule has 8 nitrogen and oxygen atoms in total. The van der Waals surface area contributed by atoms with E-state index in [0.29, 0.717) is 0 Å². The minimum atomic E-state index is -1.01. The van der Waals surface area contributed by atoms with Gasteiger partial charge in [0.15, 0.2) is 5.75 Å². The molecule has 1 heterocycles. The topological polar surface area (TPSA) is 109 Å². The van der Waals surface area contributed by atoms with Crippen molar-refractivity contribution in [2.45, 2.75) is 20.8 Å². The maximum atomic E-state index is 12.0. The first-order valence-corrected chi connectivity index (χ1v) is 6.44. The highest BCUT2D eigenvalue weighted by molar-refractivity contribution is 5.95. The Morgan fingerprint density at radius 1 is 0.870 bits per heavy atom. The number of esters is 3. The van der Waals surface area contributed by atoms with Gasteiger partial charge in [-0.25, -0.2) is 4.79 Å². The summed E-state index contributed by atoms with van der Waals surface area (Å²) in [6, 6.07) is 4.30. The molecule has 0 aliphatic rings. The largest absolute Gasteiger partial charge is 0.426 e. The predicted molar refractivity (Wildman–Crippen MR) is 76.4 cm³/mol. The van der Waals surface area contributed by atoms with Gasteiger partial charge >= 0.3 is 23.5 Å². The third-order valence-electron chi connectivity index (χ3n) is 2.55. The molecule has 23 heavy (non-hydrogen) atoms. The zero-order valence-electron chi connectivity index (χ0n) is 12.5. The van der Waals surface area contributed by atoms with Gasteiger partial charge in [-0.05, 0) is 12.1 Å². The van der Waals surface area contributed by atoms with E-state index in [1.54, 1.807) is 0 Å². The Morgan fingerprint density at radius 3 is 2.00 bits per heavy atom. The molecular weight excluding hydrogens is 308 g/mol. The monoisotopic (exact) mass is 320 g/mol. The van der Waals surface area contributed by atoms with Crippen LogP contribution >= 0.6 is 0 Å². The Kier molecular flexibility index (Phi) is 4.44. The van der Waals surface area contributed by atoms with Crippen LogP contribution in [0.3, 0.4) is 0 Å². The van der Waals surface area contributed by atoms with E-state index in [1.807, 2.05) is 0 Å². The van der Waals surface area contributed by atoms with Crippen LogP contribution in [0.15, 0.2) is 27.4 Å². The molecule has 0 saturated heterocycles. The van der Waals surface area contributed by atoms with Crippen molar-refractivity contribution >= 4 is 28.9 Å². The highest BCUT2D eigenvalue weighted by Gasteiger charge is 2.24. The summed E-state index contributed by atoms with van der Waals surface area (Å²) < 4.78 is 19.8. The lowest BCUT2D eigenvalue weighted by Gasteiger charge is -2.12. The zero-order valence-corrected chi connectivity index (χ0v) is 12.5. The van der Waals surface area contributed by atoms with Gasteiger partial charge in [-0.3, -0.25) is 14.4 Å². The van der Waals surface area contributed by atoms with Crippen molar-refractivity contribution in [1.29, 1.82) is 0 Å². The number of ether oxygens (including phenoxy) is 3. The van der Waals surface area contributed by atoms with Crippen LogP contribution in [0, 0.1) is 0 Å². The summed E-state index contributed by atoms with van der Waals surface area (Å²) in [5.41, 5.74) is -1.01. The molecule has 1 aromatic carbocycles. The van der Waals surface area contributed by atoms with Crippen molar-refractivity contribution in [3.05, 3.63) is 28.6 Å². The van der Waals surface area contributed by atoms with Gasteiger partial charge in [0.2, 0.25) is 0 Å². The maximum absolute atomic E-state index is 12.0.